The van der Waals surface area contributed by atoms with Crippen LogP contribution >= 0.6 is 11.6 Å². The lowest BCUT2D eigenvalue weighted by molar-refractivity contribution is -0.143. The van der Waals surface area contributed by atoms with Crippen molar-refractivity contribution in [2.24, 2.45) is 5.73 Å². The van der Waals surface area contributed by atoms with Crippen molar-refractivity contribution in [2.45, 2.75) is 6.18 Å². The maximum atomic E-state index is 14.8. The number of carbonyl (C=O) groups is 1. The SMILES string of the molecule is NC(=O)c1c(-c2ccc(Oc3ncnc(N)c3Cl)c(F)c2)nn(-c2cc(F)ccn2)c1C(F)(F)F. The Bertz CT molecular complexity index is 1460. The summed E-state index contributed by atoms with van der Waals surface area (Å²) in [6.07, 6.45) is -3.23. The first-order chi connectivity index (χ1) is 16.5. The van der Waals surface area contributed by atoms with Crippen molar-refractivity contribution in [3.05, 3.63) is 70.8 Å². The molecule has 4 rings (SSSR count). The molecule has 0 fully saturated rings. The van der Waals surface area contributed by atoms with E-state index in [1.54, 1.807) is 0 Å². The molecule has 4 N–H and O–H groups in total. The Labute approximate surface area is 197 Å². The molecule has 0 unspecified atom stereocenters. The Morgan fingerprint density at radius 3 is 2.46 bits per heavy atom. The zero-order valence-electron chi connectivity index (χ0n) is 17.0. The topological polar surface area (TPSA) is 135 Å². The quantitative estimate of drug-likeness (QED) is 0.384. The van der Waals surface area contributed by atoms with Gasteiger partial charge in [-0.15, -0.1) is 0 Å². The van der Waals surface area contributed by atoms with Crippen molar-refractivity contribution in [1.82, 2.24) is 24.7 Å². The van der Waals surface area contributed by atoms with Gasteiger partial charge in [0.1, 0.15) is 28.7 Å². The number of primary amides is 1. The van der Waals surface area contributed by atoms with Crippen LogP contribution in [-0.4, -0.2) is 30.6 Å². The van der Waals surface area contributed by atoms with Gasteiger partial charge in [-0.05, 0) is 24.3 Å². The lowest BCUT2D eigenvalue weighted by Crippen LogP contribution is -2.21. The van der Waals surface area contributed by atoms with Crippen molar-refractivity contribution in [3.63, 3.8) is 0 Å². The van der Waals surface area contributed by atoms with Gasteiger partial charge in [-0.25, -0.2) is 23.4 Å². The number of rotatable bonds is 5. The van der Waals surface area contributed by atoms with Crippen molar-refractivity contribution in [2.75, 3.05) is 5.73 Å². The minimum atomic E-state index is -5.16. The fraction of sp³-hybridized carbons (Fsp3) is 0.0500. The van der Waals surface area contributed by atoms with Crippen LogP contribution < -0.4 is 16.2 Å². The Morgan fingerprint density at radius 1 is 1.09 bits per heavy atom. The lowest BCUT2D eigenvalue weighted by atomic mass is 10.0. The van der Waals surface area contributed by atoms with Gasteiger partial charge >= 0.3 is 6.18 Å². The van der Waals surface area contributed by atoms with Gasteiger partial charge in [-0.2, -0.15) is 23.3 Å². The molecule has 0 spiro atoms. The van der Waals surface area contributed by atoms with Crippen molar-refractivity contribution >= 4 is 23.3 Å². The molecule has 0 aliphatic rings. The lowest BCUT2D eigenvalue weighted by Gasteiger charge is -2.11. The molecule has 0 saturated carbocycles. The fourth-order valence-corrected chi connectivity index (χ4v) is 3.20. The molecule has 0 saturated heterocycles. The summed E-state index contributed by atoms with van der Waals surface area (Å²) in [7, 11) is 0. The van der Waals surface area contributed by atoms with Gasteiger partial charge in [-0.1, -0.05) is 11.6 Å². The van der Waals surface area contributed by atoms with Gasteiger partial charge in [0, 0.05) is 17.8 Å². The number of nitrogens with two attached hydrogens (primary N) is 2. The summed E-state index contributed by atoms with van der Waals surface area (Å²) in [6.45, 7) is 0. The predicted octanol–water partition coefficient (Wildman–Crippen LogP) is 4.15. The van der Waals surface area contributed by atoms with E-state index in [0.29, 0.717) is 6.07 Å². The number of pyridine rings is 1. The minimum Gasteiger partial charge on any atom is -0.434 e. The van der Waals surface area contributed by atoms with Crippen molar-refractivity contribution in [1.29, 1.82) is 0 Å². The van der Waals surface area contributed by atoms with Gasteiger partial charge in [-0.3, -0.25) is 4.79 Å². The van der Waals surface area contributed by atoms with Gasteiger partial charge in [0.2, 0.25) is 5.88 Å². The van der Waals surface area contributed by atoms with Crippen LogP contribution in [0.5, 0.6) is 11.6 Å². The highest BCUT2D eigenvalue weighted by molar-refractivity contribution is 6.34. The molecular formula is C20H11ClF5N7O2. The number of hydrogen-bond acceptors (Lipinski definition) is 7. The number of alkyl halides is 3. The number of nitrogen functional groups attached to an aromatic ring is 1. The number of amides is 1. The smallest absolute Gasteiger partial charge is 0.434 e. The largest absolute Gasteiger partial charge is 0.434 e. The van der Waals surface area contributed by atoms with E-state index in [-0.39, 0.29) is 27.0 Å². The van der Waals surface area contributed by atoms with Crippen LogP contribution in [0.25, 0.3) is 17.1 Å². The molecule has 1 amide bonds. The zero-order chi connectivity index (χ0) is 25.5. The van der Waals surface area contributed by atoms with E-state index in [1.807, 2.05) is 0 Å². The van der Waals surface area contributed by atoms with E-state index in [4.69, 9.17) is 27.8 Å². The molecule has 0 aliphatic carbocycles. The Morgan fingerprint density at radius 2 is 1.83 bits per heavy atom. The third kappa shape index (κ3) is 4.55. The van der Waals surface area contributed by atoms with E-state index in [0.717, 1.165) is 36.8 Å². The van der Waals surface area contributed by atoms with Crippen molar-refractivity contribution < 1.29 is 31.5 Å². The van der Waals surface area contributed by atoms with Gasteiger partial charge in [0.05, 0.1) is 5.56 Å². The van der Waals surface area contributed by atoms with E-state index in [9.17, 15) is 26.7 Å². The molecule has 180 valence electrons. The van der Waals surface area contributed by atoms with Gasteiger partial charge in [0.15, 0.2) is 23.1 Å². The van der Waals surface area contributed by atoms with Crippen LogP contribution in [0.4, 0.5) is 27.8 Å². The average Bonchev–Trinajstić information content (AvgIpc) is 3.20. The number of ether oxygens (including phenoxy) is 1. The van der Waals surface area contributed by atoms with Crippen LogP contribution in [-0.2, 0) is 6.18 Å². The maximum absolute atomic E-state index is 14.8. The fourth-order valence-electron chi connectivity index (χ4n) is 3.06. The summed E-state index contributed by atoms with van der Waals surface area (Å²) >= 11 is 5.91. The second kappa shape index (κ2) is 8.79. The monoisotopic (exact) mass is 511 g/mol. The van der Waals surface area contributed by atoms with Crippen LogP contribution in [0.1, 0.15) is 16.1 Å². The molecule has 0 radical (unpaired) electrons. The highest BCUT2D eigenvalue weighted by atomic mass is 35.5. The highest BCUT2D eigenvalue weighted by Gasteiger charge is 2.43. The summed E-state index contributed by atoms with van der Waals surface area (Å²) in [5.41, 5.74) is 7.20. The summed E-state index contributed by atoms with van der Waals surface area (Å²) in [5.74, 6) is -4.88. The molecule has 3 heterocycles. The first-order valence-electron chi connectivity index (χ1n) is 9.33. The number of carbonyl (C=O) groups excluding carboxylic acids is 1. The summed E-state index contributed by atoms with van der Waals surface area (Å²) in [4.78, 5) is 23.1. The predicted molar refractivity (Wildman–Crippen MR) is 112 cm³/mol. The third-order valence-electron chi connectivity index (χ3n) is 4.52. The van der Waals surface area contributed by atoms with Crippen LogP contribution in [0.2, 0.25) is 5.02 Å². The third-order valence-corrected chi connectivity index (χ3v) is 4.88. The molecule has 0 atom stereocenters. The van der Waals surface area contributed by atoms with Crippen molar-refractivity contribution in [3.8, 4) is 28.7 Å². The average molecular weight is 512 g/mol. The number of aromatic nitrogens is 5. The summed E-state index contributed by atoms with van der Waals surface area (Å²) < 4.78 is 75.7. The first kappa shape index (κ1) is 23.8. The van der Waals surface area contributed by atoms with Crippen LogP contribution in [0, 0.1) is 11.6 Å². The van der Waals surface area contributed by atoms with E-state index in [2.05, 4.69) is 20.1 Å². The molecule has 4 aromatic rings. The highest BCUT2D eigenvalue weighted by Crippen LogP contribution is 2.39. The second-order valence-electron chi connectivity index (χ2n) is 6.80. The maximum Gasteiger partial charge on any atom is 0.434 e. The van der Waals surface area contributed by atoms with E-state index < -0.39 is 52.2 Å². The van der Waals surface area contributed by atoms with E-state index in [1.165, 1.54) is 0 Å². The Kier molecular flexibility index (Phi) is 5.98. The number of anilines is 1. The van der Waals surface area contributed by atoms with Gasteiger partial charge in [0.25, 0.3) is 5.91 Å². The summed E-state index contributed by atoms with van der Waals surface area (Å²) in [6, 6.07) is 4.49. The molecule has 0 bridgehead atoms. The minimum absolute atomic E-state index is 0.129. The number of benzene rings is 1. The molecular weight excluding hydrogens is 501 g/mol. The molecule has 15 heteroatoms. The Hall–Kier alpha value is -4.33. The van der Waals surface area contributed by atoms with E-state index >= 15 is 0 Å². The standard InChI is InChI=1S/C20H11ClF5N7O2/c21-14-17(27)30-7-31-19(14)35-11-2-1-8(5-10(11)23)15-13(18(28)34)16(20(24,25)26)33(32-15)12-6-9(22)3-4-29-12/h1-7H,(H2,28,34)(H2,27,30,31). The molecule has 35 heavy (non-hydrogen) atoms. The second-order valence-corrected chi connectivity index (χ2v) is 7.18. The summed E-state index contributed by atoms with van der Waals surface area (Å²) in [5, 5.41) is 3.57. The molecule has 9 nitrogen and oxygen atoms in total. The molecule has 0 aliphatic heterocycles. The normalized spacial score (nSPS) is 11.5. The molecule has 1 aromatic carbocycles. The molecule has 3 aromatic heterocycles. The Balaban J connectivity index is 1.86. The number of nitrogens with zero attached hydrogens (tertiary/aromatic N) is 5. The number of halogens is 6. The van der Waals surface area contributed by atoms with Gasteiger partial charge < -0.3 is 16.2 Å². The first-order valence-corrected chi connectivity index (χ1v) is 9.71. The van der Waals surface area contributed by atoms with Crippen LogP contribution in [0.15, 0.2) is 42.9 Å². The van der Waals surface area contributed by atoms with Crippen LogP contribution in [0.3, 0.4) is 0 Å². The number of hydrogen-bond donors (Lipinski definition) is 2. The zero-order valence-corrected chi connectivity index (χ0v) is 17.8.